The highest BCUT2D eigenvalue weighted by Gasteiger charge is 2.27. The van der Waals surface area contributed by atoms with Crippen molar-refractivity contribution in [1.29, 1.82) is 0 Å². The first-order valence-electron chi connectivity index (χ1n) is 11.2. The molecule has 0 N–H and O–H groups in total. The zero-order valence-corrected chi connectivity index (χ0v) is 19.0. The fraction of sp³-hybridized carbons (Fsp3) is 0.280. The van der Waals surface area contributed by atoms with Gasteiger partial charge in [-0.2, -0.15) is 9.78 Å². The van der Waals surface area contributed by atoms with Crippen molar-refractivity contribution >= 4 is 5.91 Å². The summed E-state index contributed by atoms with van der Waals surface area (Å²) in [7, 11) is 1.59. The molecule has 1 aromatic carbocycles. The molecule has 9 nitrogen and oxygen atoms in total. The molecule has 0 spiro atoms. The number of methoxy groups -OCH3 is 1. The molecule has 9 heteroatoms. The second-order valence-electron chi connectivity index (χ2n) is 8.12. The fourth-order valence-corrected chi connectivity index (χ4v) is 4.13. The maximum Gasteiger partial charge on any atom is 0.257 e. The lowest BCUT2D eigenvalue weighted by molar-refractivity contribution is 0.0624. The van der Waals surface area contributed by atoms with Gasteiger partial charge in [-0.3, -0.25) is 9.69 Å². The normalized spacial score (nSPS) is 14.4. The molecule has 1 amide bonds. The standard InChI is InChI=1S/C25H26N6O3/c1-33-18-22-20(16-27-31(22)25-26-10-9-21(28-25)23-8-5-15-34-23)24(32)30-13-11-29(12-14-30)17-19-6-3-2-4-7-19/h2-10,15-16H,11-14,17-18H2,1H3. The topological polar surface area (TPSA) is 89.5 Å². The van der Waals surface area contributed by atoms with Crippen molar-refractivity contribution in [2.24, 2.45) is 0 Å². The highest BCUT2D eigenvalue weighted by Crippen LogP contribution is 2.21. The van der Waals surface area contributed by atoms with E-state index in [1.54, 1.807) is 42.6 Å². The van der Waals surface area contributed by atoms with E-state index in [9.17, 15) is 4.79 Å². The minimum absolute atomic E-state index is 0.0557. The molecule has 4 aromatic rings. The highest BCUT2D eigenvalue weighted by molar-refractivity contribution is 5.95. The summed E-state index contributed by atoms with van der Waals surface area (Å²) in [6.45, 7) is 4.06. The molecule has 1 aliphatic heterocycles. The van der Waals surface area contributed by atoms with Gasteiger partial charge in [0.15, 0.2) is 5.76 Å². The Kier molecular flexibility index (Phi) is 6.46. The number of carbonyl (C=O) groups is 1. The smallest absolute Gasteiger partial charge is 0.257 e. The quantitative estimate of drug-likeness (QED) is 0.421. The van der Waals surface area contributed by atoms with Gasteiger partial charge < -0.3 is 14.1 Å². The van der Waals surface area contributed by atoms with E-state index in [2.05, 4.69) is 44.2 Å². The molecule has 0 atom stereocenters. The predicted molar refractivity (Wildman–Crippen MR) is 125 cm³/mol. The van der Waals surface area contributed by atoms with Crippen LogP contribution in [0, 0.1) is 0 Å². The van der Waals surface area contributed by atoms with Crippen LogP contribution >= 0.6 is 0 Å². The number of amides is 1. The van der Waals surface area contributed by atoms with Gasteiger partial charge in [0.2, 0.25) is 0 Å². The number of benzene rings is 1. The largest absolute Gasteiger partial charge is 0.463 e. The summed E-state index contributed by atoms with van der Waals surface area (Å²) in [4.78, 5) is 26.6. The fourth-order valence-electron chi connectivity index (χ4n) is 4.13. The summed E-state index contributed by atoms with van der Waals surface area (Å²) in [6.07, 6.45) is 4.82. The maximum atomic E-state index is 13.4. The van der Waals surface area contributed by atoms with Crippen LogP contribution in [-0.4, -0.2) is 68.7 Å². The number of nitrogens with zero attached hydrogens (tertiary/aromatic N) is 6. The first-order chi connectivity index (χ1) is 16.7. The van der Waals surface area contributed by atoms with Crippen molar-refractivity contribution in [1.82, 2.24) is 29.5 Å². The van der Waals surface area contributed by atoms with E-state index in [0.717, 1.165) is 19.6 Å². The molecule has 0 unspecified atom stereocenters. The van der Waals surface area contributed by atoms with Crippen LogP contribution in [0.2, 0.25) is 0 Å². The van der Waals surface area contributed by atoms with Crippen LogP contribution < -0.4 is 0 Å². The van der Waals surface area contributed by atoms with E-state index in [1.807, 2.05) is 17.0 Å². The summed E-state index contributed by atoms with van der Waals surface area (Å²) in [5, 5.41) is 4.44. The van der Waals surface area contributed by atoms with Gasteiger partial charge in [-0.25, -0.2) is 9.97 Å². The summed E-state index contributed by atoms with van der Waals surface area (Å²) >= 11 is 0. The Morgan fingerprint density at radius 3 is 2.62 bits per heavy atom. The lowest BCUT2D eigenvalue weighted by atomic mass is 10.1. The molecule has 1 aliphatic rings. The number of carbonyl (C=O) groups excluding carboxylic acids is 1. The van der Waals surface area contributed by atoms with E-state index in [0.29, 0.717) is 41.7 Å². The number of hydrogen-bond donors (Lipinski definition) is 0. The Labute approximate surface area is 197 Å². The summed E-state index contributed by atoms with van der Waals surface area (Å²) in [5.41, 5.74) is 3.04. The molecular weight excluding hydrogens is 432 g/mol. The van der Waals surface area contributed by atoms with Crippen LogP contribution in [0.4, 0.5) is 0 Å². The lowest BCUT2D eigenvalue weighted by Crippen LogP contribution is -2.48. The van der Waals surface area contributed by atoms with Gasteiger partial charge in [0, 0.05) is 46.0 Å². The van der Waals surface area contributed by atoms with E-state index in [-0.39, 0.29) is 12.5 Å². The first-order valence-corrected chi connectivity index (χ1v) is 11.2. The Hall–Kier alpha value is -3.82. The lowest BCUT2D eigenvalue weighted by Gasteiger charge is -2.34. The number of ether oxygens (including phenoxy) is 1. The van der Waals surface area contributed by atoms with E-state index >= 15 is 0 Å². The van der Waals surface area contributed by atoms with E-state index in [1.165, 1.54) is 5.56 Å². The minimum Gasteiger partial charge on any atom is -0.463 e. The molecule has 174 valence electrons. The minimum atomic E-state index is -0.0557. The molecule has 0 bridgehead atoms. The van der Waals surface area contributed by atoms with Gasteiger partial charge in [-0.15, -0.1) is 0 Å². The van der Waals surface area contributed by atoms with Crippen molar-refractivity contribution in [3.05, 3.63) is 84.0 Å². The van der Waals surface area contributed by atoms with Crippen LogP contribution in [0.1, 0.15) is 21.6 Å². The van der Waals surface area contributed by atoms with Gasteiger partial charge in [0.25, 0.3) is 11.9 Å². The van der Waals surface area contributed by atoms with E-state index < -0.39 is 0 Å². The third kappa shape index (κ3) is 4.61. The van der Waals surface area contributed by atoms with Crippen LogP contribution in [-0.2, 0) is 17.9 Å². The number of furan rings is 1. The molecular formula is C25H26N6O3. The molecule has 5 rings (SSSR count). The molecule has 3 aromatic heterocycles. The second-order valence-corrected chi connectivity index (χ2v) is 8.12. The zero-order chi connectivity index (χ0) is 23.3. The molecule has 0 saturated carbocycles. The van der Waals surface area contributed by atoms with Gasteiger partial charge in [0.1, 0.15) is 5.69 Å². The predicted octanol–water partition coefficient (Wildman–Crippen LogP) is 3.03. The Balaban J connectivity index is 1.33. The second kappa shape index (κ2) is 9.98. The summed E-state index contributed by atoms with van der Waals surface area (Å²) in [6, 6.07) is 15.8. The molecule has 0 aliphatic carbocycles. The van der Waals surface area contributed by atoms with Crippen LogP contribution in [0.25, 0.3) is 17.4 Å². The molecule has 0 radical (unpaired) electrons. The average Bonchev–Trinajstić information content (AvgIpc) is 3.56. The van der Waals surface area contributed by atoms with Crippen LogP contribution in [0.3, 0.4) is 0 Å². The SMILES string of the molecule is COCc1c(C(=O)N2CCN(Cc3ccccc3)CC2)cnn1-c1nccc(-c2ccco2)n1. The van der Waals surface area contributed by atoms with E-state index in [4.69, 9.17) is 9.15 Å². The molecule has 1 saturated heterocycles. The Morgan fingerprint density at radius 1 is 1.06 bits per heavy atom. The van der Waals surface area contributed by atoms with Crippen molar-refractivity contribution in [2.75, 3.05) is 33.3 Å². The summed E-state index contributed by atoms with van der Waals surface area (Å²) < 4.78 is 12.4. The summed E-state index contributed by atoms with van der Waals surface area (Å²) in [5.74, 6) is 0.932. The van der Waals surface area contributed by atoms with Crippen molar-refractivity contribution in [3.8, 4) is 17.4 Å². The average molecular weight is 459 g/mol. The number of rotatable bonds is 7. The Morgan fingerprint density at radius 2 is 1.88 bits per heavy atom. The van der Waals surface area contributed by atoms with Crippen molar-refractivity contribution in [3.63, 3.8) is 0 Å². The monoisotopic (exact) mass is 458 g/mol. The zero-order valence-electron chi connectivity index (χ0n) is 19.0. The number of piperazine rings is 1. The third-order valence-corrected chi connectivity index (χ3v) is 5.89. The molecule has 4 heterocycles. The number of aromatic nitrogens is 4. The number of hydrogen-bond acceptors (Lipinski definition) is 7. The van der Waals surface area contributed by atoms with Gasteiger partial charge in [-0.05, 0) is 23.8 Å². The first kappa shape index (κ1) is 22.0. The van der Waals surface area contributed by atoms with Gasteiger partial charge in [0.05, 0.1) is 30.3 Å². The van der Waals surface area contributed by atoms with Crippen LogP contribution in [0.5, 0.6) is 0 Å². The van der Waals surface area contributed by atoms with Gasteiger partial charge >= 0.3 is 0 Å². The van der Waals surface area contributed by atoms with Crippen LogP contribution in [0.15, 0.2) is 71.6 Å². The van der Waals surface area contributed by atoms with Gasteiger partial charge in [-0.1, -0.05) is 30.3 Å². The van der Waals surface area contributed by atoms with Crippen molar-refractivity contribution in [2.45, 2.75) is 13.2 Å². The highest BCUT2D eigenvalue weighted by atomic mass is 16.5. The van der Waals surface area contributed by atoms with Crippen molar-refractivity contribution < 1.29 is 13.9 Å². The third-order valence-electron chi connectivity index (χ3n) is 5.89. The molecule has 34 heavy (non-hydrogen) atoms. The Bertz CT molecular complexity index is 1230. The molecule has 1 fully saturated rings. The maximum absolute atomic E-state index is 13.4.